The molecule has 1 aliphatic heterocycles. The van der Waals surface area contributed by atoms with E-state index in [0.29, 0.717) is 31.0 Å². The zero-order valence-electron chi connectivity index (χ0n) is 15.3. The molecule has 2 amide bonds. The standard InChI is InChI=1S/C21H25N3O2/c1-15(2)12-19(23-20(25)17-8-5-10-22-13-17)21(26)24-11-9-16-6-3-4-7-18(16)14-24/h3-8,10,13,15,19H,9,11-12,14H2,1-2H3,(H,23,25)/t19-/m0/s1. The quantitative estimate of drug-likeness (QED) is 0.901. The summed E-state index contributed by atoms with van der Waals surface area (Å²) >= 11 is 0. The molecule has 1 atom stereocenters. The smallest absolute Gasteiger partial charge is 0.253 e. The molecule has 0 bridgehead atoms. The second-order valence-electron chi connectivity index (χ2n) is 7.18. The van der Waals surface area contributed by atoms with Crippen LogP contribution in [0, 0.1) is 5.92 Å². The van der Waals surface area contributed by atoms with Crippen LogP contribution in [0.2, 0.25) is 0 Å². The number of amides is 2. The van der Waals surface area contributed by atoms with Crippen molar-refractivity contribution in [1.82, 2.24) is 15.2 Å². The van der Waals surface area contributed by atoms with E-state index < -0.39 is 6.04 Å². The van der Waals surface area contributed by atoms with Crippen molar-refractivity contribution in [2.75, 3.05) is 6.54 Å². The first-order valence-corrected chi connectivity index (χ1v) is 9.11. The molecular formula is C21H25N3O2. The minimum atomic E-state index is -0.520. The maximum atomic E-state index is 13.1. The van der Waals surface area contributed by atoms with Gasteiger partial charge in [-0.15, -0.1) is 0 Å². The van der Waals surface area contributed by atoms with Gasteiger partial charge in [-0.2, -0.15) is 0 Å². The van der Waals surface area contributed by atoms with Crippen LogP contribution in [0.15, 0.2) is 48.8 Å². The van der Waals surface area contributed by atoms with E-state index in [9.17, 15) is 9.59 Å². The fraction of sp³-hybridized carbons (Fsp3) is 0.381. The average molecular weight is 351 g/mol. The first-order valence-electron chi connectivity index (χ1n) is 9.11. The van der Waals surface area contributed by atoms with Crippen LogP contribution in [0.5, 0.6) is 0 Å². The molecule has 2 aromatic rings. The third-order valence-electron chi connectivity index (χ3n) is 4.68. The number of pyridine rings is 1. The normalized spacial score (nSPS) is 14.7. The zero-order chi connectivity index (χ0) is 18.5. The Bertz CT molecular complexity index is 774. The number of fused-ring (bicyclic) bond motifs is 1. The van der Waals surface area contributed by atoms with Gasteiger partial charge in [0.25, 0.3) is 5.91 Å². The number of carbonyl (C=O) groups is 2. The maximum Gasteiger partial charge on any atom is 0.253 e. The molecule has 136 valence electrons. The van der Waals surface area contributed by atoms with Crippen molar-refractivity contribution >= 4 is 11.8 Å². The minimum Gasteiger partial charge on any atom is -0.340 e. The Morgan fingerprint density at radius 2 is 1.92 bits per heavy atom. The molecule has 0 unspecified atom stereocenters. The first-order chi connectivity index (χ1) is 12.5. The second kappa shape index (κ2) is 8.13. The highest BCUT2D eigenvalue weighted by Gasteiger charge is 2.29. The molecule has 0 saturated heterocycles. The SMILES string of the molecule is CC(C)C[C@H](NC(=O)c1cccnc1)C(=O)N1CCc2ccccc2C1. The van der Waals surface area contributed by atoms with Gasteiger partial charge in [0.1, 0.15) is 6.04 Å². The molecule has 1 aliphatic rings. The van der Waals surface area contributed by atoms with Crippen molar-refractivity contribution in [1.29, 1.82) is 0 Å². The van der Waals surface area contributed by atoms with Gasteiger partial charge in [-0.1, -0.05) is 38.1 Å². The van der Waals surface area contributed by atoms with E-state index in [-0.39, 0.29) is 11.8 Å². The number of benzene rings is 1. The lowest BCUT2D eigenvalue weighted by Crippen LogP contribution is -2.50. The third kappa shape index (κ3) is 4.28. The minimum absolute atomic E-state index is 0.00885. The Hall–Kier alpha value is -2.69. The summed E-state index contributed by atoms with van der Waals surface area (Å²) in [5.74, 6) is 0.0372. The van der Waals surface area contributed by atoms with Crippen molar-refractivity contribution in [3.8, 4) is 0 Å². The maximum absolute atomic E-state index is 13.1. The summed E-state index contributed by atoms with van der Waals surface area (Å²) in [6.45, 7) is 5.41. The van der Waals surface area contributed by atoms with Gasteiger partial charge >= 0.3 is 0 Å². The van der Waals surface area contributed by atoms with Gasteiger partial charge in [-0.25, -0.2) is 0 Å². The Balaban J connectivity index is 1.73. The van der Waals surface area contributed by atoms with Gasteiger partial charge in [0.05, 0.1) is 5.56 Å². The van der Waals surface area contributed by atoms with E-state index in [1.54, 1.807) is 18.3 Å². The molecule has 5 nitrogen and oxygen atoms in total. The van der Waals surface area contributed by atoms with Gasteiger partial charge in [-0.3, -0.25) is 14.6 Å². The van der Waals surface area contributed by atoms with Gasteiger partial charge in [0.2, 0.25) is 5.91 Å². The fourth-order valence-corrected chi connectivity index (χ4v) is 3.34. The van der Waals surface area contributed by atoms with Crippen molar-refractivity contribution in [2.45, 2.75) is 39.3 Å². The Kier molecular flexibility index (Phi) is 5.66. The molecule has 1 aromatic heterocycles. The van der Waals surface area contributed by atoms with Crippen molar-refractivity contribution < 1.29 is 9.59 Å². The molecule has 0 saturated carbocycles. The summed E-state index contributed by atoms with van der Waals surface area (Å²) in [4.78, 5) is 31.4. The van der Waals surface area contributed by atoms with Crippen LogP contribution in [0.25, 0.3) is 0 Å². The lowest BCUT2D eigenvalue weighted by atomic mass is 9.97. The Morgan fingerprint density at radius 3 is 2.62 bits per heavy atom. The molecule has 26 heavy (non-hydrogen) atoms. The Morgan fingerprint density at radius 1 is 1.15 bits per heavy atom. The number of nitrogens with zero attached hydrogens (tertiary/aromatic N) is 2. The number of aromatic nitrogens is 1. The van der Waals surface area contributed by atoms with Gasteiger partial charge in [-0.05, 0) is 42.0 Å². The molecule has 5 heteroatoms. The van der Waals surface area contributed by atoms with E-state index in [4.69, 9.17) is 0 Å². The number of nitrogens with one attached hydrogen (secondary N) is 1. The van der Waals surface area contributed by atoms with E-state index in [0.717, 1.165) is 6.42 Å². The highest BCUT2D eigenvalue weighted by atomic mass is 16.2. The molecule has 3 rings (SSSR count). The zero-order valence-corrected chi connectivity index (χ0v) is 15.3. The lowest BCUT2D eigenvalue weighted by molar-refractivity contribution is -0.134. The summed E-state index contributed by atoms with van der Waals surface area (Å²) in [5.41, 5.74) is 2.96. The fourth-order valence-electron chi connectivity index (χ4n) is 3.34. The molecule has 0 aliphatic carbocycles. The van der Waals surface area contributed by atoms with E-state index in [1.807, 2.05) is 17.0 Å². The number of carbonyl (C=O) groups excluding carboxylic acids is 2. The van der Waals surface area contributed by atoms with Gasteiger partial charge in [0.15, 0.2) is 0 Å². The van der Waals surface area contributed by atoms with Crippen LogP contribution in [0.1, 0.15) is 41.8 Å². The van der Waals surface area contributed by atoms with Crippen molar-refractivity contribution in [2.24, 2.45) is 5.92 Å². The summed E-state index contributed by atoms with van der Waals surface area (Å²) in [5, 5.41) is 2.92. The summed E-state index contributed by atoms with van der Waals surface area (Å²) < 4.78 is 0. The largest absolute Gasteiger partial charge is 0.340 e. The molecule has 1 N–H and O–H groups in total. The molecular weight excluding hydrogens is 326 g/mol. The summed E-state index contributed by atoms with van der Waals surface area (Å²) in [7, 11) is 0. The van der Waals surface area contributed by atoms with E-state index in [2.05, 4.69) is 36.3 Å². The number of rotatable bonds is 5. The highest BCUT2D eigenvalue weighted by molar-refractivity contribution is 5.97. The van der Waals surface area contributed by atoms with E-state index in [1.165, 1.54) is 17.3 Å². The number of hydrogen-bond donors (Lipinski definition) is 1. The topological polar surface area (TPSA) is 62.3 Å². The molecule has 2 heterocycles. The molecule has 0 fully saturated rings. The lowest BCUT2D eigenvalue weighted by Gasteiger charge is -2.32. The van der Waals surface area contributed by atoms with Crippen LogP contribution in [-0.2, 0) is 17.8 Å². The first kappa shape index (κ1) is 18.1. The Labute approximate surface area is 154 Å². The summed E-state index contributed by atoms with van der Waals surface area (Å²) in [6.07, 6.45) is 4.61. The predicted molar refractivity (Wildman–Crippen MR) is 101 cm³/mol. The monoisotopic (exact) mass is 351 g/mol. The van der Waals surface area contributed by atoms with Gasteiger partial charge < -0.3 is 10.2 Å². The van der Waals surface area contributed by atoms with Crippen molar-refractivity contribution in [3.63, 3.8) is 0 Å². The van der Waals surface area contributed by atoms with E-state index >= 15 is 0 Å². The van der Waals surface area contributed by atoms with Crippen LogP contribution in [0.3, 0.4) is 0 Å². The third-order valence-corrected chi connectivity index (χ3v) is 4.68. The molecule has 0 radical (unpaired) electrons. The highest BCUT2D eigenvalue weighted by Crippen LogP contribution is 2.20. The molecule has 1 aromatic carbocycles. The van der Waals surface area contributed by atoms with Crippen LogP contribution in [0.4, 0.5) is 0 Å². The predicted octanol–water partition coefficient (Wildman–Crippen LogP) is 2.81. The van der Waals surface area contributed by atoms with Crippen LogP contribution >= 0.6 is 0 Å². The van der Waals surface area contributed by atoms with Crippen molar-refractivity contribution in [3.05, 3.63) is 65.5 Å². The molecule has 0 spiro atoms. The average Bonchev–Trinajstić information content (AvgIpc) is 2.66. The van der Waals surface area contributed by atoms with Crippen LogP contribution in [-0.4, -0.2) is 34.3 Å². The van der Waals surface area contributed by atoms with Crippen LogP contribution < -0.4 is 5.32 Å². The van der Waals surface area contributed by atoms with Gasteiger partial charge in [0, 0.05) is 25.5 Å². The number of hydrogen-bond acceptors (Lipinski definition) is 3. The summed E-state index contributed by atoms with van der Waals surface area (Å²) in [6, 6.07) is 11.1. The second-order valence-corrected chi connectivity index (χ2v) is 7.18.